The summed E-state index contributed by atoms with van der Waals surface area (Å²) in [6.45, 7) is 9.51. The molecule has 0 radical (unpaired) electrons. The van der Waals surface area contributed by atoms with E-state index in [1.807, 2.05) is 0 Å². The van der Waals surface area contributed by atoms with Gasteiger partial charge in [0.1, 0.15) is 0 Å². The maximum absolute atomic E-state index is 2.49. The van der Waals surface area contributed by atoms with Crippen LogP contribution in [0.3, 0.4) is 0 Å². The Morgan fingerprint density at radius 3 is 0.621 bits per heavy atom. The van der Waals surface area contributed by atoms with Gasteiger partial charge in [0.15, 0.2) is 0 Å². The lowest BCUT2D eigenvalue weighted by Crippen LogP contribution is -2.14. The normalized spacial score (nSPS) is 13.0. The topological polar surface area (TPSA) is 0 Å². The highest BCUT2D eigenvalue weighted by atomic mass is 14.4. The third-order valence-corrected chi connectivity index (χ3v) is 25.7. The summed E-state index contributed by atoms with van der Waals surface area (Å²) < 4.78 is 0. The first-order valence-electron chi connectivity index (χ1n) is 40.8. The van der Waals surface area contributed by atoms with E-state index in [9.17, 15) is 0 Å². The molecule has 0 amide bonds. The smallest absolute Gasteiger partial charge is 0.0159 e. The van der Waals surface area contributed by atoms with E-state index in [0.717, 1.165) is 0 Å². The minimum atomic E-state index is -0.0962. The monoisotopic (exact) mass is 1470 g/mol. The van der Waals surface area contributed by atoms with Gasteiger partial charge in [-0.15, -0.1) is 0 Å². The highest BCUT2D eigenvalue weighted by molar-refractivity contribution is 6.31. The van der Waals surface area contributed by atoms with Crippen LogP contribution in [0.4, 0.5) is 0 Å². The van der Waals surface area contributed by atoms with Gasteiger partial charge in [-0.2, -0.15) is 0 Å². The molecule has 0 atom stereocenters. The summed E-state index contributed by atoms with van der Waals surface area (Å²) in [6, 6.07) is 153. The molecule has 0 fully saturated rings. The van der Waals surface area contributed by atoms with Gasteiger partial charge in [-0.3, -0.25) is 0 Å². The van der Waals surface area contributed by atoms with Crippen LogP contribution < -0.4 is 0 Å². The van der Waals surface area contributed by atoms with Gasteiger partial charge in [0, 0.05) is 10.8 Å². The summed E-state index contributed by atoms with van der Waals surface area (Å²) >= 11 is 0. The molecule has 0 heterocycles. The van der Waals surface area contributed by atoms with Crippen molar-refractivity contribution in [1.82, 2.24) is 0 Å². The maximum atomic E-state index is 2.49. The summed E-state index contributed by atoms with van der Waals surface area (Å²) in [4.78, 5) is 0. The quantitative estimate of drug-likeness (QED) is 0.126. The second-order valence-electron chi connectivity index (χ2n) is 32.7. The lowest BCUT2D eigenvalue weighted by Gasteiger charge is -2.24. The van der Waals surface area contributed by atoms with Gasteiger partial charge in [-0.1, -0.05) is 416 Å². The molecule has 2 aliphatic carbocycles. The van der Waals surface area contributed by atoms with Crippen LogP contribution in [0, 0.1) is 0 Å². The molecule has 0 heteroatoms. The third-order valence-electron chi connectivity index (χ3n) is 25.7. The minimum absolute atomic E-state index is 0.0943. The Hall–Kier alpha value is -14.3. The highest BCUT2D eigenvalue weighted by Crippen LogP contribution is 2.57. The second-order valence-corrected chi connectivity index (χ2v) is 32.7. The van der Waals surface area contributed by atoms with Gasteiger partial charge < -0.3 is 0 Å². The van der Waals surface area contributed by atoms with E-state index in [0.29, 0.717) is 0 Å². The first kappa shape index (κ1) is 68.5. The number of fused-ring (bicyclic) bond motifs is 14. The van der Waals surface area contributed by atoms with Crippen molar-refractivity contribution in [2.75, 3.05) is 0 Å². The van der Waals surface area contributed by atoms with Crippen molar-refractivity contribution in [3.05, 3.63) is 435 Å². The largest absolute Gasteiger partial charge is 0.0622 e. The van der Waals surface area contributed by atoms with Gasteiger partial charge in [-0.25, -0.2) is 0 Å². The van der Waals surface area contributed by atoms with Crippen LogP contribution in [0.1, 0.15) is 49.9 Å². The van der Waals surface area contributed by atoms with Crippen LogP contribution in [0.15, 0.2) is 413 Å². The summed E-state index contributed by atoms with van der Waals surface area (Å²) in [6.07, 6.45) is 0. The lowest BCUT2D eigenvalue weighted by molar-refractivity contribution is 0.660. The zero-order valence-corrected chi connectivity index (χ0v) is 65.3. The predicted molar refractivity (Wildman–Crippen MR) is 497 cm³/mol. The van der Waals surface area contributed by atoms with Gasteiger partial charge in [0.25, 0.3) is 0 Å². The molecule has 0 aromatic heterocycles. The Labute approximate surface area is 677 Å². The van der Waals surface area contributed by atoms with Crippen molar-refractivity contribution < 1.29 is 0 Å². The van der Waals surface area contributed by atoms with E-state index in [4.69, 9.17) is 0 Å². The number of hydrogen-bond acceptors (Lipinski definition) is 0. The molecule has 116 heavy (non-hydrogen) atoms. The van der Waals surface area contributed by atoms with Crippen molar-refractivity contribution in [3.63, 3.8) is 0 Å². The van der Waals surface area contributed by atoms with Gasteiger partial charge >= 0.3 is 0 Å². The molecule has 2 aliphatic rings. The molecule has 0 saturated heterocycles. The molecule has 0 spiro atoms. The molecule has 0 bridgehead atoms. The van der Waals surface area contributed by atoms with Crippen molar-refractivity contribution in [3.8, 4) is 122 Å². The van der Waals surface area contributed by atoms with Gasteiger partial charge in [0.2, 0.25) is 0 Å². The SMILES string of the molecule is CC1(C)c2ccccc2-c2ccc(-c3c4ccccc4c(-c4c5ccccc5c(-c5ccccc5)c5ccccc45)c4ccc(-c5ccccc5)cc34)cc21.CC1(C)c2ccccc2-c2ccc(-c3c4ccccc4c(-c4ccc(-c5c6ccccc6c(-c6ccccc6)c6ccccc56)cc4)c4ccc(-c5ccccc5)cc34)cc21. The lowest BCUT2D eigenvalue weighted by atomic mass is 9.79. The van der Waals surface area contributed by atoms with E-state index >= 15 is 0 Å². The fraction of sp³-hybridized carbons (Fsp3) is 0.0517. The molecular formula is C116H80. The molecule has 0 aliphatic heterocycles. The summed E-state index contributed by atoms with van der Waals surface area (Å²) in [5.41, 5.74) is 33.3. The van der Waals surface area contributed by atoms with Gasteiger partial charge in [-0.05, 0) is 255 Å². The molecule has 23 rings (SSSR count). The van der Waals surface area contributed by atoms with Crippen LogP contribution in [0.5, 0.6) is 0 Å². The molecule has 0 N–H and O–H groups in total. The van der Waals surface area contributed by atoms with Crippen LogP contribution in [0.25, 0.3) is 209 Å². The zero-order valence-electron chi connectivity index (χ0n) is 65.3. The molecular weight excluding hydrogens is 1390 g/mol. The second kappa shape index (κ2) is 27.2. The number of hydrogen-bond donors (Lipinski definition) is 0. The fourth-order valence-electron chi connectivity index (χ4n) is 20.4. The Morgan fingerprint density at radius 1 is 0.121 bits per heavy atom. The molecule has 0 unspecified atom stereocenters. The molecule has 21 aromatic carbocycles. The minimum Gasteiger partial charge on any atom is -0.0622 e. The third kappa shape index (κ3) is 10.8. The van der Waals surface area contributed by atoms with Crippen molar-refractivity contribution in [1.29, 1.82) is 0 Å². The highest BCUT2D eigenvalue weighted by Gasteiger charge is 2.38. The van der Waals surface area contributed by atoms with Crippen molar-refractivity contribution in [2.24, 2.45) is 0 Å². The molecule has 0 saturated carbocycles. The van der Waals surface area contributed by atoms with Crippen LogP contribution in [-0.2, 0) is 10.8 Å². The van der Waals surface area contributed by atoms with Crippen LogP contribution in [-0.4, -0.2) is 0 Å². The zero-order chi connectivity index (χ0) is 77.3. The average Bonchev–Trinajstić information content (AvgIpc) is 0.858. The Kier molecular flexibility index (Phi) is 16.1. The van der Waals surface area contributed by atoms with Crippen LogP contribution in [0.2, 0.25) is 0 Å². The molecule has 21 aromatic rings. The Morgan fingerprint density at radius 2 is 0.319 bits per heavy atom. The molecule has 0 nitrogen and oxygen atoms in total. The van der Waals surface area contributed by atoms with Gasteiger partial charge in [0.05, 0.1) is 0 Å². The number of benzene rings is 21. The standard InChI is InChI=1S/C61H42.C55H38/c1-61(2)55-28-16-15-21-45(55)46-35-34-44(38-56(46)61)60-52-27-14-13-26-51(52)59(53-36-33-43(37-54(53)60)39-17-5-3-6-18-39)42-31-29-41(30-32-42)58-49-24-11-9-22-47(49)57(40-19-7-4-8-20-40)48-23-10-12-25-50(48)58;1-55(2)49-28-16-15-21-39(49)40-31-30-38(34-50(40)55)52-43-24-11-14-27-46(43)54(47-32-29-37(33-48(47)52)35-17-5-3-6-18-35)53-44-25-12-9-22-41(44)51(36-19-7-4-8-20-36)42-23-10-13-26-45(42)53/h3-38H,1-2H3;3-34H,1-2H3. The molecule has 544 valence electrons. The summed E-state index contributed by atoms with van der Waals surface area (Å²) in [5.74, 6) is 0. The van der Waals surface area contributed by atoms with E-state index in [1.165, 1.54) is 231 Å². The van der Waals surface area contributed by atoms with E-state index in [1.54, 1.807) is 0 Å². The predicted octanol–water partition coefficient (Wildman–Crippen LogP) is 32.2. The van der Waals surface area contributed by atoms with Crippen LogP contribution >= 0.6 is 0 Å². The first-order chi connectivity index (χ1) is 57.1. The summed E-state index contributed by atoms with van der Waals surface area (Å²) in [5, 5.41) is 20.3. The first-order valence-corrected chi connectivity index (χ1v) is 40.8. The van der Waals surface area contributed by atoms with Crippen molar-refractivity contribution >= 4 is 86.2 Å². The fourth-order valence-corrected chi connectivity index (χ4v) is 20.4. The van der Waals surface area contributed by atoms with Crippen molar-refractivity contribution in [2.45, 2.75) is 38.5 Å². The summed E-state index contributed by atoms with van der Waals surface area (Å²) in [7, 11) is 0. The Bertz CT molecular complexity index is 7460. The Balaban J connectivity index is 0.000000141. The van der Waals surface area contributed by atoms with E-state index in [2.05, 4.69) is 440 Å². The van der Waals surface area contributed by atoms with E-state index < -0.39 is 0 Å². The van der Waals surface area contributed by atoms with E-state index in [-0.39, 0.29) is 10.8 Å². The average molecular weight is 1470 g/mol. The number of rotatable bonds is 9. The maximum Gasteiger partial charge on any atom is 0.0159 e.